The maximum atomic E-state index is 3.79. The van der Waals surface area contributed by atoms with Crippen LogP contribution in [0.15, 0.2) is 30.3 Å². The van der Waals surface area contributed by atoms with Crippen LogP contribution in [0.5, 0.6) is 0 Å². The van der Waals surface area contributed by atoms with Crippen molar-refractivity contribution in [1.82, 2.24) is 5.32 Å². The van der Waals surface area contributed by atoms with Gasteiger partial charge in [-0.1, -0.05) is 57.0 Å². The van der Waals surface area contributed by atoms with E-state index in [1.165, 1.54) is 50.6 Å². The molecule has 0 saturated heterocycles. The minimum absolute atomic E-state index is 0.764. The summed E-state index contributed by atoms with van der Waals surface area (Å²) in [4.78, 5) is 0. The highest BCUT2D eigenvalue weighted by Gasteiger charge is 2.26. The third-order valence-corrected chi connectivity index (χ3v) is 4.85. The number of benzene rings is 1. The predicted molar refractivity (Wildman–Crippen MR) is 83.3 cm³/mol. The summed E-state index contributed by atoms with van der Waals surface area (Å²) in [6.07, 6.45) is 8.03. The second-order valence-electron chi connectivity index (χ2n) is 6.27. The van der Waals surface area contributed by atoms with Gasteiger partial charge in [0.2, 0.25) is 0 Å². The van der Waals surface area contributed by atoms with Crippen molar-refractivity contribution in [3.05, 3.63) is 35.9 Å². The van der Waals surface area contributed by atoms with Crippen LogP contribution < -0.4 is 5.32 Å². The second kappa shape index (κ2) is 7.69. The molecule has 0 bridgehead atoms. The molecule has 0 aliphatic heterocycles. The van der Waals surface area contributed by atoms with Gasteiger partial charge in [-0.05, 0) is 49.6 Å². The summed E-state index contributed by atoms with van der Waals surface area (Å²) in [7, 11) is 0. The van der Waals surface area contributed by atoms with E-state index in [-0.39, 0.29) is 0 Å². The molecule has 3 atom stereocenters. The molecule has 0 aromatic heterocycles. The van der Waals surface area contributed by atoms with Gasteiger partial charge in [0.25, 0.3) is 0 Å². The largest absolute Gasteiger partial charge is 0.314 e. The van der Waals surface area contributed by atoms with Crippen molar-refractivity contribution in [1.29, 1.82) is 0 Å². The lowest BCUT2D eigenvalue weighted by atomic mass is 9.78. The molecule has 19 heavy (non-hydrogen) atoms. The lowest BCUT2D eigenvalue weighted by Crippen LogP contribution is -2.41. The quantitative estimate of drug-likeness (QED) is 0.746. The molecule has 3 unspecified atom stereocenters. The first-order valence-corrected chi connectivity index (χ1v) is 8.04. The Morgan fingerprint density at radius 1 is 1.05 bits per heavy atom. The number of unbranched alkanes of at least 4 members (excludes halogenated alkanes) is 1. The van der Waals surface area contributed by atoms with Gasteiger partial charge in [-0.15, -0.1) is 0 Å². The van der Waals surface area contributed by atoms with E-state index in [2.05, 4.69) is 49.5 Å². The highest BCUT2D eigenvalue weighted by Crippen LogP contribution is 2.29. The van der Waals surface area contributed by atoms with E-state index in [4.69, 9.17) is 0 Å². The lowest BCUT2D eigenvalue weighted by Gasteiger charge is -2.34. The second-order valence-corrected chi connectivity index (χ2v) is 6.27. The molecule has 1 nitrogen and oxygen atoms in total. The Bertz CT molecular complexity index is 346. The summed E-state index contributed by atoms with van der Waals surface area (Å²) >= 11 is 0. The first kappa shape index (κ1) is 14.6. The SMILES string of the molecule is CC1CCCC(NCCCCc2ccccc2)C1C. The normalized spacial score (nSPS) is 27.4. The maximum absolute atomic E-state index is 3.79. The van der Waals surface area contributed by atoms with E-state index in [1.807, 2.05) is 0 Å². The number of rotatable bonds is 6. The molecule has 0 spiro atoms. The Kier molecular flexibility index (Phi) is 5.91. The molecule has 1 aliphatic rings. The fourth-order valence-electron chi connectivity index (χ4n) is 3.26. The molecule has 1 heteroatoms. The topological polar surface area (TPSA) is 12.0 Å². The van der Waals surface area contributed by atoms with Gasteiger partial charge in [-0.2, -0.15) is 0 Å². The van der Waals surface area contributed by atoms with Crippen molar-refractivity contribution in [2.24, 2.45) is 11.8 Å². The van der Waals surface area contributed by atoms with Crippen LogP contribution in [-0.2, 0) is 6.42 Å². The zero-order chi connectivity index (χ0) is 13.5. The molecule has 1 saturated carbocycles. The Morgan fingerprint density at radius 3 is 2.63 bits per heavy atom. The van der Waals surface area contributed by atoms with Gasteiger partial charge in [-0.25, -0.2) is 0 Å². The maximum Gasteiger partial charge on any atom is 0.00952 e. The van der Waals surface area contributed by atoms with Crippen molar-refractivity contribution in [3.63, 3.8) is 0 Å². The van der Waals surface area contributed by atoms with E-state index >= 15 is 0 Å². The van der Waals surface area contributed by atoms with Gasteiger partial charge in [0.1, 0.15) is 0 Å². The average Bonchev–Trinajstić information content (AvgIpc) is 2.44. The summed E-state index contributed by atoms with van der Waals surface area (Å²) in [5.74, 6) is 1.75. The van der Waals surface area contributed by atoms with E-state index in [0.717, 1.165) is 17.9 Å². The average molecular weight is 259 g/mol. The summed E-state index contributed by atoms with van der Waals surface area (Å²) in [5.41, 5.74) is 1.47. The van der Waals surface area contributed by atoms with Crippen LogP contribution in [0.2, 0.25) is 0 Å². The van der Waals surface area contributed by atoms with Gasteiger partial charge in [-0.3, -0.25) is 0 Å². The molecule has 1 fully saturated rings. The third kappa shape index (κ3) is 4.65. The Balaban J connectivity index is 1.59. The van der Waals surface area contributed by atoms with Gasteiger partial charge < -0.3 is 5.32 Å². The molecule has 1 aromatic carbocycles. The van der Waals surface area contributed by atoms with Crippen LogP contribution >= 0.6 is 0 Å². The molecule has 106 valence electrons. The van der Waals surface area contributed by atoms with E-state index in [0.29, 0.717) is 0 Å². The molecule has 0 amide bonds. The van der Waals surface area contributed by atoms with Crippen molar-refractivity contribution in [2.75, 3.05) is 6.54 Å². The van der Waals surface area contributed by atoms with Crippen molar-refractivity contribution in [3.8, 4) is 0 Å². The molecule has 1 N–H and O–H groups in total. The molecule has 0 radical (unpaired) electrons. The highest BCUT2D eigenvalue weighted by atomic mass is 14.9. The van der Waals surface area contributed by atoms with E-state index in [9.17, 15) is 0 Å². The standard InChI is InChI=1S/C18H29N/c1-15-9-8-13-18(16(15)2)19-14-7-6-12-17-10-4-3-5-11-17/h3-5,10-11,15-16,18-19H,6-9,12-14H2,1-2H3. The minimum atomic E-state index is 0.764. The van der Waals surface area contributed by atoms with Gasteiger partial charge in [0.05, 0.1) is 0 Å². The zero-order valence-electron chi connectivity index (χ0n) is 12.6. The fourth-order valence-corrected chi connectivity index (χ4v) is 3.26. The molecule has 1 aromatic rings. The number of hydrogen-bond acceptors (Lipinski definition) is 1. The van der Waals surface area contributed by atoms with Crippen LogP contribution in [0.3, 0.4) is 0 Å². The van der Waals surface area contributed by atoms with Gasteiger partial charge in [0, 0.05) is 6.04 Å². The van der Waals surface area contributed by atoms with Gasteiger partial charge >= 0.3 is 0 Å². The molecule has 2 rings (SSSR count). The predicted octanol–water partition coefficient (Wildman–Crippen LogP) is 4.42. The van der Waals surface area contributed by atoms with Crippen LogP contribution in [0.4, 0.5) is 0 Å². The summed E-state index contributed by atoms with van der Waals surface area (Å²) in [6.45, 7) is 6.02. The highest BCUT2D eigenvalue weighted by molar-refractivity contribution is 5.14. The van der Waals surface area contributed by atoms with Crippen molar-refractivity contribution >= 4 is 0 Å². The zero-order valence-corrected chi connectivity index (χ0v) is 12.6. The van der Waals surface area contributed by atoms with E-state index in [1.54, 1.807) is 0 Å². The molecule has 0 heterocycles. The van der Waals surface area contributed by atoms with Crippen molar-refractivity contribution < 1.29 is 0 Å². The van der Waals surface area contributed by atoms with Crippen LogP contribution in [0.25, 0.3) is 0 Å². The molecule has 1 aliphatic carbocycles. The Labute approximate surface area is 118 Å². The summed E-state index contributed by atoms with van der Waals surface area (Å²) < 4.78 is 0. The first-order valence-electron chi connectivity index (χ1n) is 8.04. The lowest BCUT2D eigenvalue weighted by molar-refractivity contribution is 0.207. The minimum Gasteiger partial charge on any atom is -0.314 e. The fraction of sp³-hybridized carbons (Fsp3) is 0.667. The monoisotopic (exact) mass is 259 g/mol. The Morgan fingerprint density at radius 2 is 1.84 bits per heavy atom. The van der Waals surface area contributed by atoms with E-state index < -0.39 is 0 Å². The van der Waals surface area contributed by atoms with Crippen molar-refractivity contribution in [2.45, 2.75) is 58.4 Å². The molecular formula is C18H29N. The molecular weight excluding hydrogens is 230 g/mol. The van der Waals surface area contributed by atoms with Crippen LogP contribution in [0.1, 0.15) is 51.5 Å². The van der Waals surface area contributed by atoms with Crippen LogP contribution in [0, 0.1) is 11.8 Å². The number of aryl methyl sites for hydroxylation is 1. The number of nitrogens with one attached hydrogen (secondary N) is 1. The third-order valence-electron chi connectivity index (χ3n) is 4.85. The number of hydrogen-bond donors (Lipinski definition) is 1. The summed E-state index contributed by atoms with van der Waals surface area (Å²) in [6, 6.07) is 11.6. The first-order chi connectivity index (χ1) is 9.27. The Hall–Kier alpha value is -0.820. The van der Waals surface area contributed by atoms with Crippen LogP contribution in [-0.4, -0.2) is 12.6 Å². The van der Waals surface area contributed by atoms with Gasteiger partial charge in [0.15, 0.2) is 0 Å². The smallest absolute Gasteiger partial charge is 0.00952 e. The summed E-state index contributed by atoms with van der Waals surface area (Å²) in [5, 5.41) is 3.79.